The third-order valence-electron chi connectivity index (χ3n) is 2.68. The van der Waals surface area contributed by atoms with Gasteiger partial charge in [0.2, 0.25) is 5.71 Å². The number of amidine groups is 1. The molecule has 2 rings (SSSR count). The van der Waals surface area contributed by atoms with E-state index in [2.05, 4.69) is 49.7 Å². The molecule has 4 nitrogen and oxygen atoms in total. The molecule has 0 amide bonds. The molecule has 16 heavy (non-hydrogen) atoms. The molecular formula is C12H19N4+. The van der Waals surface area contributed by atoms with Crippen LogP contribution in [0.2, 0.25) is 0 Å². The minimum Gasteiger partial charge on any atom is -0.231 e. The summed E-state index contributed by atoms with van der Waals surface area (Å²) >= 11 is 0. The van der Waals surface area contributed by atoms with Crippen molar-refractivity contribution >= 4 is 24.0 Å². The molecule has 0 N–H and O–H groups in total. The summed E-state index contributed by atoms with van der Waals surface area (Å²) in [7, 11) is 0. The molecule has 0 aromatic rings. The quantitative estimate of drug-likeness (QED) is 0.605. The number of aliphatic imine (C=N–C) groups is 2. The fourth-order valence-electron chi connectivity index (χ4n) is 1.71. The van der Waals surface area contributed by atoms with E-state index in [1.807, 2.05) is 17.1 Å². The molecule has 0 saturated heterocycles. The van der Waals surface area contributed by atoms with E-state index in [0.717, 1.165) is 11.5 Å². The summed E-state index contributed by atoms with van der Waals surface area (Å²) in [5.74, 6) is 1.22. The molecule has 86 valence electrons. The summed E-state index contributed by atoms with van der Waals surface area (Å²) < 4.78 is 1.99. The topological polar surface area (TPSA) is 40.1 Å². The van der Waals surface area contributed by atoms with Crippen LogP contribution in [0.15, 0.2) is 15.1 Å². The minimum absolute atomic E-state index is 0.0308. The van der Waals surface area contributed by atoms with E-state index in [1.54, 1.807) is 0 Å². The Morgan fingerprint density at radius 3 is 2.56 bits per heavy atom. The van der Waals surface area contributed by atoms with Crippen molar-refractivity contribution in [2.24, 2.45) is 26.4 Å². The second-order valence-corrected chi connectivity index (χ2v) is 5.56. The molecule has 1 unspecified atom stereocenters. The first kappa shape index (κ1) is 11.2. The molecule has 0 spiro atoms. The van der Waals surface area contributed by atoms with E-state index in [-0.39, 0.29) is 11.6 Å². The highest BCUT2D eigenvalue weighted by Crippen LogP contribution is 2.21. The maximum atomic E-state index is 4.58. The van der Waals surface area contributed by atoms with Crippen molar-refractivity contribution in [1.82, 2.24) is 0 Å². The molecule has 0 bridgehead atoms. The maximum Gasteiger partial charge on any atom is 0.313 e. The van der Waals surface area contributed by atoms with Gasteiger partial charge in [-0.05, 0) is 0 Å². The van der Waals surface area contributed by atoms with Gasteiger partial charge in [0.15, 0.2) is 5.84 Å². The molecule has 2 aliphatic rings. The molecule has 0 aromatic carbocycles. The second kappa shape index (κ2) is 3.61. The third kappa shape index (κ3) is 1.84. The normalized spacial score (nSPS) is 24.1. The Morgan fingerprint density at radius 2 is 2.00 bits per heavy atom. The van der Waals surface area contributed by atoms with Gasteiger partial charge in [0, 0.05) is 11.0 Å². The SMILES string of the molecule is CC(C)C1=N[N+]2=C(C(C)(C)C)C=NC2C=N1. The fourth-order valence-corrected chi connectivity index (χ4v) is 1.71. The minimum atomic E-state index is -0.0308. The van der Waals surface area contributed by atoms with Crippen LogP contribution in [0.1, 0.15) is 34.6 Å². The summed E-state index contributed by atoms with van der Waals surface area (Å²) in [6.45, 7) is 10.7. The van der Waals surface area contributed by atoms with Crippen molar-refractivity contribution in [2.45, 2.75) is 40.8 Å². The van der Waals surface area contributed by atoms with Crippen LogP contribution in [0.4, 0.5) is 0 Å². The van der Waals surface area contributed by atoms with Gasteiger partial charge in [-0.3, -0.25) is 0 Å². The molecule has 0 fully saturated rings. The van der Waals surface area contributed by atoms with Gasteiger partial charge in [-0.2, -0.15) is 0 Å². The zero-order valence-corrected chi connectivity index (χ0v) is 10.6. The smallest absolute Gasteiger partial charge is 0.231 e. The molecule has 2 heterocycles. The van der Waals surface area contributed by atoms with Gasteiger partial charge in [0.25, 0.3) is 0 Å². The first-order chi connectivity index (χ1) is 7.39. The second-order valence-electron chi connectivity index (χ2n) is 5.56. The van der Waals surface area contributed by atoms with E-state index in [0.29, 0.717) is 5.92 Å². The highest BCUT2D eigenvalue weighted by Gasteiger charge is 2.38. The van der Waals surface area contributed by atoms with Gasteiger partial charge in [-0.1, -0.05) is 39.3 Å². The largest absolute Gasteiger partial charge is 0.313 e. The molecule has 0 radical (unpaired) electrons. The number of rotatable bonds is 1. The van der Waals surface area contributed by atoms with Gasteiger partial charge in [-0.25, -0.2) is 9.98 Å². The Morgan fingerprint density at radius 1 is 1.31 bits per heavy atom. The van der Waals surface area contributed by atoms with E-state index in [9.17, 15) is 0 Å². The Kier molecular flexibility index (Phi) is 2.52. The Labute approximate surface area is 96.5 Å². The van der Waals surface area contributed by atoms with E-state index >= 15 is 0 Å². The molecule has 0 saturated carbocycles. The van der Waals surface area contributed by atoms with Crippen molar-refractivity contribution in [3.8, 4) is 0 Å². The summed E-state index contributed by atoms with van der Waals surface area (Å²) in [5, 5.41) is 4.58. The Hall–Kier alpha value is -1.32. The molecule has 1 atom stereocenters. The Balaban J connectivity index is 2.44. The molecule has 4 heteroatoms. The van der Waals surface area contributed by atoms with Crippen LogP contribution in [0.3, 0.4) is 0 Å². The van der Waals surface area contributed by atoms with Gasteiger partial charge in [0.1, 0.15) is 6.21 Å². The van der Waals surface area contributed by atoms with Crippen LogP contribution in [0, 0.1) is 11.3 Å². The van der Waals surface area contributed by atoms with Crippen molar-refractivity contribution < 1.29 is 4.68 Å². The lowest BCUT2D eigenvalue weighted by Gasteiger charge is -2.14. The zero-order valence-electron chi connectivity index (χ0n) is 10.6. The molecule has 2 aliphatic heterocycles. The average molecular weight is 219 g/mol. The lowest BCUT2D eigenvalue weighted by molar-refractivity contribution is -0.550. The van der Waals surface area contributed by atoms with Crippen molar-refractivity contribution in [3.63, 3.8) is 0 Å². The maximum absolute atomic E-state index is 4.58. The van der Waals surface area contributed by atoms with Gasteiger partial charge >= 0.3 is 6.17 Å². The van der Waals surface area contributed by atoms with E-state index in [1.165, 1.54) is 0 Å². The molecular weight excluding hydrogens is 200 g/mol. The standard InChI is InChI=1S/C12H19N4/c1-8(2)11-14-7-10-13-6-9(12(3,4)5)16(10)15-11/h6-8,10H,1-5H3/q+1. The predicted molar refractivity (Wildman–Crippen MR) is 67.8 cm³/mol. The first-order valence-electron chi connectivity index (χ1n) is 5.72. The molecule has 0 aromatic heterocycles. The van der Waals surface area contributed by atoms with Crippen LogP contribution in [-0.4, -0.2) is 34.8 Å². The Bertz CT molecular complexity index is 419. The van der Waals surface area contributed by atoms with Crippen LogP contribution in [0.5, 0.6) is 0 Å². The average Bonchev–Trinajstić information content (AvgIpc) is 2.58. The van der Waals surface area contributed by atoms with Crippen LogP contribution in [-0.2, 0) is 0 Å². The summed E-state index contributed by atoms with van der Waals surface area (Å²) in [4.78, 5) is 8.75. The zero-order chi connectivity index (χ0) is 11.9. The lowest BCUT2D eigenvalue weighted by atomic mass is 9.91. The summed E-state index contributed by atoms with van der Waals surface area (Å²) in [6.07, 6.45) is 3.76. The highest BCUT2D eigenvalue weighted by atomic mass is 15.5. The summed E-state index contributed by atoms with van der Waals surface area (Å²) in [6, 6.07) is 0. The number of hydrazone groups is 1. The van der Waals surface area contributed by atoms with E-state index in [4.69, 9.17) is 0 Å². The van der Waals surface area contributed by atoms with Gasteiger partial charge < -0.3 is 0 Å². The van der Waals surface area contributed by atoms with E-state index < -0.39 is 0 Å². The van der Waals surface area contributed by atoms with Crippen LogP contribution in [0.25, 0.3) is 0 Å². The number of nitrogens with zero attached hydrogens (tertiary/aromatic N) is 4. The third-order valence-corrected chi connectivity index (χ3v) is 2.68. The van der Waals surface area contributed by atoms with Crippen molar-refractivity contribution in [2.75, 3.05) is 0 Å². The fraction of sp³-hybridized carbons (Fsp3) is 0.667. The van der Waals surface area contributed by atoms with Crippen molar-refractivity contribution in [1.29, 1.82) is 0 Å². The monoisotopic (exact) mass is 219 g/mol. The van der Waals surface area contributed by atoms with Crippen LogP contribution >= 0.6 is 0 Å². The lowest BCUT2D eigenvalue weighted by Crippen LogP contribution is -2.34. The summed E-state index contributed by atoms with van der Waals surface area (Å²) in [5.41, 5.74) is 1.22. The highest BCUT2D eigenvalue weighted by molar-refractivity contribution is 6.31. The first-order valence-corrected chi connectivity index (χ1v) is 5.72. The number of hydrogen-bond donors (Lipinski definition) is 0. The van der Waals surface area contributed by atoms with Gasteiger partial charge in [-0.15, -0.1) is 0 Å². The number of fused-ring (bicyclic) bond motifs is 1. The van der Waals surface area contributed by atoms with Gasteiger partial charge in [0.05, 0.1) is 11.6 Å². The predicted octanol–water partition coefficient (Wildman–Crippen LogP) is 1.95. The van der Waals surface area contributed by atoms with Crippen LogP contribution < -0.4 is 0 Å². The molecule has 0 aliphatic carbocycles. The number of hydrogen-bond acceptors (Lipinski definition) is 3. The van der Waals surface area contributed by atoms with Crippen molar-refractivity contribution in [3.05, 3.63) is 0 Å².